The second-order valence-corrected chi connectivity index (χ2v) is 6.04. The maximum Gasteiger partial charge on any atom is 0.251 e. The summed E-state index contributed by atoms with van der Waals surface area (Å²) >= 11 is 0. The van der Waals surface area contributed by atoms with Crippen molar-refractivity contribution in [3.8, 4) is 0 Å². The number of carbonyl (C=O) groups excluding carboxylic acids is 2. The maximum absolute atomic E-state index is 12.1. The molecule has 0 unspecified atom stereocenters. The van der Waals surface area contributed by atoms with Gasteiger partial charge in [0.2, 0.25) is 5.91 Å². The molecule has 0 atom stereocenters. The van der Waals surface area contributed by atoms with Crippen molar-refractivity contribution >= 4 is 22.6 Å². The fourth-order valence-electron chi connectivity index (χ4n) is 2.06. The summed E-state index contributed by atoms with van der Waals surface area (Å²) in [7, 11) is 0. The lowest BCUT2D eigenvalue weighted by Gasteiger charge is -2.20. The lowest BCUT2D eigenvalue weighted by atomic mass is 10.1. The van der Waals surface area contributed by atoms with E-state index >= 15 is 0 Å². The van der Waals surface area contributed by atoms with Crippen LogP contribution in [0.2, 0.25) is 0 Å². The Bertz CT molecular complexity index is 672. The van der Waals surface area contributed by atoms with Crippen LogP contribution >= 0.6 is 0 Å². The van der Waals surface area contributed by atoms with Gasteiger partial charge in [-0.2, -0.15) is 0 Å². The third kappa shape index (κ3) is 4.31. The summed E-state index contributed by atoms with van der Waals surface area (Å²) in [5.41, 5.74) is 0.252. The molecule has 2 rings (SSSR count). The predicted octanol–water partition coefficient (Wildman–Crippen LogP) is 2.48. The Kier molecular flexibility index (Phi) is 4.26. The van der Waals surface area contributed by atoms with E-state index in [-0.39, 0.29) is 23.9 Å². The van der Waals surface area contributed by atoms with Crippen molar-refractivity contribution in [1.82, 2.24) is 10.6 Å². The van der Waals surface area contributed by atoms with Gasteiger partial charge in [-0.05, 0) is 43.7 Å². The molecule has 0 heterocycles. The standard InChI is InChI=1S/C17H20N2O2/c1-17(2,3)19-15(20)11-18-16(21)14-9-8-12-6-4-5-7-13(12)10-14/h4-10H,11H2,1-3H3,(H,18,21)(H,19,20). The van der Waals surface area contributed by atoms with E-state index in [4.69, 9.17) is 0 Å². The van der Waals surface area contributed by atoms with Gasteiger partial charge < -0.3 is 10.6 Å². The minimum Gasteiger partial charge on any atom is -0.350 e. The normalized spacial score (nSPS) is 11.2. The van der Waals surface area contributed by atoms with Gasteiger partial charge in [-0.1, -0.05) is 30.3 Å². The van der Waals surface area contributed by atoms with Crippen LogP contribution in [0.1, 0.15) is 31.1 Å². The van der Waals surface area contributed by atoms with Crippen LogP contribution in [0.3, 0.4) is 0 Å². The first-order valence-corrected chi connectivity index (χ1v) is 6.93. The van der Waals surface area contributed by atoms with E-state index in [9.17, 15) is 9.59 Å². The van der Waals surface area contributed by atoms with Gasteiger partial charge in [0.15, 0.2) is 0 Å². The van der Waals surface area contributed by atoms with Crippen LogP contribution in [0.4, 0.5) is 0 Å². The SMILES string of the molecule is CC(C)(C)NC(=O)CNC(=O)c1ccc2ccccc2c1. The highest BCUT2D eigenvalue weighted by atomic mass is 16.2. The van der Waals surface area contributed by atoms with Gasteiger partial charge in [-0.25, -0.2) is 0 Å². The van der Waals surface area contributed by atoms with E-state index in [1.807, 2.05) is 57.2 Å². The van der Waals surface area contributed by atoms with Crippen LogP contribution in [0.15, 0.2) is 42.5 Å². The minimum absolute atomic E-state index is 0.0249. The minimum atomic E-state index is -0.301. The summed E-state index contributed by atoms with van der Waals surface area (Å²) in [6.45, 7) is 5.67. The smallest absolute Gasteiger partial charge is 0.251 e. The monoisotopic (exact) mass is 284 g/mol. The van der Waals surface area contributed by atoms with E-state index in [0.29, 0.717) is 5.56 Å². The Morgan fingerprint density at radius 2 is 1.67 bits per heavy atom. The van der Waals surface area contributed by atoms with E-state index < -0.39 is 0 Å². The number of amides is 2. The number of carbonyl (C=O) groups is 2. The summed E-state index contributed by atoms with van der Waals surface area (Å²) < 4.78 is 0. The Balaban J connectivity index is 2.00. The molecule has 0 aliphatic carbocycles. The third-order valence-corrected chi connectivity index (χ3v) is 2.94. The number of hydrogen-bond donors (Lipinski definition) is 2. The van der Waals surface area contributed by atoms with Crippen LogP contribution in [0.5, 0.6) is 0 Å². The molecular formula is C17H20N2O2. The number of rotatable bonds is 3. The highest BCUT2D eigenvalue weighted by molar-refractivity contribution is 6.00. The Morgan fingerprint density at radius 3 is 2.33 bits per heavy atom. The van der Waals surface area contributed by atoms with E-state index in [2.05, 4.69) is 10.6 Å². The molecule has 2 amide bonds. The first-order valence-electron chi connectivity index (χ1n) is 6.93. The molecule has 4 heteroatoms. The molecule has 0 saturated carbocycles. The zero-order valence-electron chi connectivity index (χ0n) is 12.6. The molecule has 21 heavy (non-hydrogen) atoms. The lowest BCUT2D eigenvalue weighted by Crippen LogP contribution is -2.45. The number of benzene rings is 2. The third-order valence-electron chi connectivity index (χ3n) is 2.94. The van der Waals surface area contributed by atoms with Gasteiger partial charge in [0.1, 0.15) is 0 Å². The lowest BCUT2D eigenvalue weighted by molar-refractivity contribution is -0.121. The maximum atomic E-state index is 12.1. The predicted molar refractivity (Wildman–Crippen MR) is 84.2 cm³/mol. The zero-order chi connectivity index (χ0) is 15.5. The quantitative estimate of drug-likeness (QED) is 0.909. The molecule has 2 aromatic rings. The first-order chi connectivity index (χ1) is 9.85. The van der Waals surface area contributed by atoms with Crippen LogP contribution in [0.25, 0.3) is 10.8 Å². The second kappa shape index (κ2) is 5.95. The van der Waals surface area contributed by atoms with E-state index in [1.54, 1.807) is 6.07 Å². The fraction of sp³-hybridized carbons (Fsp3) is 0.294. The molecule has 0 radical (unpaired) electrons. The number of nitrogens with one attached hydrogen (secondary N) is 2. The Labute approximate surface area is 124 Å². The van der Waals surface area contributed by atoms with Crippen LogP contribution < -0.4 is 10.6 Å². The summed E-state index contributed by atoms with van der Waals surface area (Å²) in [5.74, 6) is -0.443. The number of hydrogen-bond acceptors (Lipinski definition) is 2. The summed E-state index contributed by atoms with van der Waals surface area (Å²) in [6, 6.07) is 13.3. The van der Waals surface area contributed by atoms with Gasteiger partial charge in [-0.15, -0.1) is 0 Å². The van der Waals surface area contributed by atoms with Crippen LogP contribution in [0, 0.1) is 0 Å². The van der Waals surface area contributed by atoms with Gasteiger partial charge in [0.25, 0.3) is 5.91 Å². The molecule has 2 N–H and O–H groups in total. The highest BCUT2D eigenvalue weighted by Gasteiger charge is 2.14. The van der Waals surface area contributed by atoms with E-state index in [1.165, 1.54) is 0 Å². The average molecular weight is 284 g/mol. The largest absolute Gasteiger partial charge is 0.350 e. The highest BCUT2D eigenvalue weighted by Crippen LogP contribution is 2.15. The summed E-state index contributed by atoms with van der Waals surface area (Å²) in [6.07, 6.45) is 0. The average Bonchev–Trinajstić information content (AvgIpc) is 2.42. The molecule has 0 spiro atoms. The molecule has 0 aromatic heterocycles. The molecule has 0 bridgehead atoms. The van der Waals surface area contributed by atoms with Crippen molar-refractivity contribution in [1.29, 1.82) is 0 Å². The number of fused-ring (bicyclic) bond motifs is 1. The van der Waals surface area contributed by atoms with Crippen molar-refractivity contribution in [2.24, 2.45) is 0 Å². The molecule has 0 saturated heterocycles. The fourth-order valence-corrected chi connectivity index (χ4v) is 2.06. The molecular weight excluding hydrogens is 264 g/mol. The molecule has 0 aliphatic heterocycles. The summed E-state index contributed by atoms with van der Waals surface area (Å²) in [4.78, 5) is 23.7. The molecule has 2 aromatic carbocycles. The molecule has 0 aliphatic rings. The Morgan fingerprint density at radius 1 is 1.00 bits per heavy atom. The van der Waals surface area contributed by atoms with Crippen LogP contribution in [-0.4, -0.2) is 23.9 Å². The molecule has 4 nitrogen and oxygen atoms in total. The first kappa shape index (κ1) is 15.0. The van der Waals surface area contributed by atoms with Crippen molar-refractivity contribution in [2.45, 2.75) is 26.3 Å². The summed E-state index contributed by atoms with van der Waals surface area (Å²) in [5, 5.41) is 7.52. The second-order valence-electron chi connectivity index (χ2n) is 6.04. The van der Waals surface area contributed by atoms with Crippen molar-refractivity contribution in [3.05, 3.63) is 48.0 Å². The van der Waals surface area contributed by atoms with Crippen molar-refractivity contribution in [3.63, 3.8) is 0 Å². The van der Waals surface area contributed by atoms with Gasteiger partial charge in [0.05, 0.1) is 6.54 Å². The van der Waals surface area contributed by atoms with Gasteiger partial charge >= 0.3 is 0 Å². The topological polar surface area (TPSA) is 58.2 Å². The van der Waals surface area contributed by atoms with Crippen molar-refractivity contribution < 1.29 is 9.59 Å². The zero-order valence-corrected chi connectivity index (χ0v) is 12.6. The van der Waals surface area contributed by atoms with E-state index in [0.717, 1.165) is 10.8 Å². The molecule has 110 valence electrons. The van der Waals surface area contributed by atoms with Crippen LogP contribution in [-0.2, 0) is 4.79 Å². The van der Waals surface area contributed by atoms with Gasteiger partial charge in [0, 0.05) is 11.1 Å². The Hall–Kier alpha value is -2.36. The molecule has 0 fully saturated rings. The van der Waals surface area contributed by atoms with Gasteiger partial charge in [-0.3, -0.25) is 9.59 Å². The van der Waals surface area contributed by atoms with Crippen molar-refractivity contribution in [2.75, 3.05) is 6.54 Å².